The molecule has 25 heavy (non-hydrogen) atoms. The van der Waals surface area contributed by atoms with Crippen molar-refractivity contribution in [3.8, 4) is 0 Å². The van der Waals surface area contributed by atoms with E-state index >= 15 is 0 Å². The van der Waals surface area contributed by atoms with Crippen LogP contribution in [0.15, 0.2) is 12.4 Å². The first-order valence-electron chi connectivity index (χ1n) is 10.1. The summed E-state index contributed by atoms with van der Waals surface area (Å²) in [6, 6.07) is 0. The summed E-state index contributed by atoms with van der Waals surface area (Å²) in [6.07, 6.45) is 19.9. The summed E-state index contributed by atoms with van der Waals surface area (Å²) in [6.45, 7) is 5.73. The van der Waals surface area contributed by atoms with Crippen molar-refractivity contribution in [3.63, 3.8) is 0 Å². The average molecular weight is 375 g/mol. The highest BCUT2D eigenvalue weighted by molar-refractivity contribution is 7.74. The lowest BCUT2D eigenvalue weighted by molar-refractivity contribution is 0.246. The fourth-order valence-electron chi connectivity index (χ4n) is 3.16. The van der Waals surface area contributed by atoms with Crippen LogP contribution < -0.4 is 0 Å². The van der Waals surface area contributed by atoms with Crippen LogP contribution in [-0.4, -0.2) is 44.9 Å². The van der Waals surface area contributed by atoms with Gasteiger partial charge in [0, 0.05) is 25.5 Å². The van der Waals surface area contributed by atoms with Crippen molar-refractivity contribution in [2.45, 2.75) is 84.0 Å². The van der Waals surface area contributed by atoms with Gasteiger partial charge in [0.2, 0.25) is 0 Å². The number of unbranched alkanes of at least 4 members (excludes halogenated alkanes) is 10. The molecule has 0 spiro atoms. The lowest BCUT2D eigenvalue weighted by Crippen LogP contribution is -2.26. The number of nitrogens with zero attached hydrogens (tertiary/aromatic N) is 2. The monoisotopic (exact) mass is 374 g/mol. The maximum Gasteiger partial charge on any atom is 0.301 e. The summed E-state index contributed by atoms with van der Waals surface area (Å²) >= 11 is -2.12. The first kappa shape index (κ1) is 22.5. The Labute approximate surface area is 157 Å². The zero-order valence-electron chi connectivity index (χ0n) is 16.0. The molecule has 0 aliphatic carbocycles. The van der Waals surface area contributed by atoms with E-state index in [9.17, 15) is 4.21 Å². The van der Waals surface area contributed by atoms with E-state index < -0.39 is 11.4 Å². The maximum absolute atomic E-state index is 10.4. The van der Waals surface area contributed by atoms with Gasteiger partial charge in [0.15, 0.2) is 0 Å². The number of hydrogen-bond donors (Lipinski definition) is 1. The molecule has 0 bridgehead atoms. The Morgan fingerprint density at radius 3 is 1.84 bits per heavy atom. The highest BCUT2D eigenvalue weighted by atomic mass is 32.2. The molecule has 0 saturated carbocycles. The highest BCUT2D eigenvalue weighted by Gasteiger charge is 2.11. The first-order valence-corrected chi connectivity index (χ1v) is 11.2. The molecule has 1 aliphatic rings. The molecule has 1 atom stereocenters. The Balaban J connectivity index is 1.85. The minimum Gasteiger partial charge on any atom is -0.359 e. The van der Waals surface area contributed by atoms with Gasteiger partial charge in [-0.3, -0.25) is 8.74 Å². The van der Waals surface area contributed by atoms with Crippen molar-refractivity contribution in [1.29, 1.82) is 0 Å². The van der Waals surface area contributed by atoms with Gasteiger partial charge in [-0.05, 0) is 19.3 Å². The van der Waals surface area contributed by atoms with E-state index in [4.69, 9.17) is 4.55 Å². The molecule has 5 nitrogen and oxygen atoms in total. The molecular weight excluding hydrogens is 336 g/mol. The lowest BCUT2D eigenvalue weighted by atomic mass is 10.1. The van der Waals surface area contributed by atoms with E-state index in [0.29, 0.717) is 6.61 Å². The molecule has 0 amide bonds. The van der Waals surface area contributed by atoms with E-state index in [0.717, 1.165) is 32.6 Å². The Morgan fingerprint density at radius 2 is 1.32 bits per heavy atom. The highest BCUT2D eigenvalue weighted by Crippen LogP contribution is 2.13. The van der Waals surface area contributed by atoms with Crippen LogP contribution in [0.4, 0.5) is 0 Å². The minimum absolute atomic E-state index is 0.350. The van der Waals surface area contributed by atoms with E-state index in [-0.39, 0.29) is 0 Å². The first-order chi connectivity index (χ1) is 12.2. The predicted octanol–water partition coefficient (Wildman–Crippen LogP) is 4.89. The Bertz CT molecular complexity index is 367. The molecule has 1 aliphatic heterocycles. The SMILES string of the molecule is CCCCCCCCCCCCN1C=CN(CCCCOS(=O)O)C1. The van der Waals surface area contributed by atoms with Crippen LogP contribution in [0.25, 0.3) is 0 Å². The van der Waals surface area contributed by atoms with Crippen molar-refractivity contribution in [2.24, 2.45) is 0 Å². The normalized spacial score (nSPS) is 15.3. The summed E-state index contributed by atoms with van der Waals surface area (Å²) < 4.78 is 23.5. The molecule has 0 aromatic carbocycles. The van der Waals surface area contributed by atoms with Gasteiger partial charge in [-0.1, -0.05) is 64.7 Å². The van der Waals surface area contributed by atoms with Gasteiger partial charge in [0.25, 0.3) is 0 Å². The molecule has 148 valence electrons. The van der Waals surface area contributed by atoms with Crippen LogP contribution in [-0.2, 0) is 15.5 Å². The van der Waals surface area contributed by atoms with Crippen molar-refractivity contribution in [2.75, 3.05) is 26.4 Å². The molecule has 1 unspecified atom stereocenters. The summed E-state index contributed by atoms with van der Waals surface area (Å²) in [5, 5.41) is 0. The molecule has 0 radical (unpaired) electrons. The van der Waals surface area contributed by atoms with E-state index in [1.54, 1.807) is 0 Å². The zero-order chi connectivity index (χ0) is 18.2. The zero-order valence-corrected chi connectivity index (χ0v) is 16.9. The third kappa shape index (κ3) is 13.3. The molecule has 0 aromatic heterocycles. The smallest absolute Gasteiger partial charge is 0.301 e. The third-order valence-electron chi connectivity index (χ3n) is 4.67. The van der Waals surface area contributed by atoms with E-state index in [1.807, 2.05) is 0 Å². The van der Waals surface area contributed by atoms with Crippen molar-refractivity contribution in [3.05, 3.63) is 12.4 Å². The molecule has 0 saturated heterocycles. The Kier molecular flexibility index (Phi) is 14.1. The molecule has 0 fully saturated rings. The molecule has 1 heterocycles. The second-order valence-electron chi connectivity index (χ2n) is 6.99. The number of hydrogen-bond acceptors (Lipinski definition) is 4. The van der Waals surface area contributed by atoms with E-state index in [1.165, 1.54) is 64.2 Å². The largest absolute Gasteiger partial charge is 0.359 e. The van der Waals surface area contributed by atoms with Crippen LogP contribution in [0.2, 0.25) is 0 Å². The van der Waals surface area contributed by atoms with Crippen LogP contribution in [0, 0.1) is 0 Å². The second kappa shape index (κ2) is 15.6. The standard InChI is InChI=1S/C19H38N2O3S/c1-2-3-4-5-6-7-8-9-10-11-14-20-16-17-21(19-20)15-12-13-18-24-25(22)23/h16-17H,2-15,18-19H2,1H3,(H,22,23). The third-order valence-corrected chi connectivity index (χ3v) is 5.04. The van der Waals surface area contributed by atoms with Gasteiger partial charge in [0.1, 0.15) is 0 Å². The van der Waals surface area contributed by atoms with Crippen LogP contribution in [0.5, 0.6) is 0 Å². The number of rotatable bonds is 17. The van der Waals surface area contributed by atoms with Crippen molar-refractivity contribution >= 4 is 11.4 Å². The van der Waals surface area contributed by atoms with E-state index in [2.05, 4.69) is 33.3 Å². The summed E-state index contributed by atoms with van der Waals surface area (Å²) in [7, 11) is 0. The minimum atomic E-state index is -2.12. The molecule has 6 heteroatoms. The van der Waals surface area contributed by atoms with Crippen LogP contribution in [0.1, 0.15) is 84.0 Å². The van der Waals surface area contributed by atoms with Crippen LogP contribution in [0.3, 0.4) is 0 Å². The quantitative estimate of drug-likeness (QED) is 0.290. The van der Waals surface area contributed by atoms with Gasteiger partial charge in [-0.25, -0.2) is 0 Å². The predicted molar refractivity (Wildman–Crippen MR) is 105 cm³/mol. The fourth-order valence-corrected chi connectivity index (χ4v) is 3.42. The molecular formula is C19H38N2O3S. The summed E-state index contributed by atoms with van der Waals surface area (Å²) in [5.41, 5.74) is 0. The maximum atomic E-state index is 10.4. The lowest BCUT2D eigenvalue weighted by Gasteiger charge is -2.21. The topological polar surface area (TPSA) is 53.0 Å². The molecule has 1 N–H and O–H groups in total. The summed E-state index contributed by atoms with van der Waals surface area (Å²) in [5.74, 6) is 0. The van der Waals surface area contributed by atoms with Gasteiger partial charge in [-0.2, -0.15) is 4.21 Å². The van der Waals surface area contributed by atoms with Gasteiger partial charge >= 0.3 is 11.4 Å². The second-order valence-corrected chi connectivity index (χ2v) is 7.66. The Hall–Kier alpha value is -0.590. The average Bonchev–Trinajstić information content (AvgIpc) is 3.04. The Morgan fingerprint density at radius 1 is 0.840 bits per heavy atom. The van der Waals surface area contributed by atoms with Crippen molar-refractivity contribution < 1.29 is 12.9 Å². The van der Waals surface area contributed by atoms with Gasteiger partial charge in [-0.15, -0.1) is 0 Å². The fraction of sp³-hybridized carbons (Fsp3) is 0.895. The van der Waals surface area contributed by atoms with Gasteiger partial charge < -0.3 is 9.80 Å². The molecule has 0 aromatic rings. The van der Waals surface area contributed by atoms with Crippen molar-refractivity contribution in [1.82, 2.24) is 9.80 Å². The molecule has 1 rings (SSSR count). The van der Waals surface area contributed by atoms with Gasteiger partial charge in [0.05, 0.1) is 13.3 Å². The van der Waals surface area contributed by atoms with Crippen LogP contribution >= 0.6 is 0 Å². The summed E-state index contributed by atoms with van der Waals surface area (Å²) in [4.78, 5) is 4.68.